The number of halogens is 1. The average molecular weight is 383 g/mol. The van der Waals surface area contributed by atoms with Crippen molar-refractivity contribution in [2.75, 3.05) is 31.9 Å². The summed E-state index contributed by atoms with van der Waals surface area (Å²) in [4.78, 5) is 7.22. The summed E-state index contributed by atoms with van der Waals surface area (Å²) in [6, 6.07) is 0. The van der Waals surface area contributed by atoms with Gasteiger partial charge in [-0.2, -0.15) is 11.8 Å². The number of nitrogens with one attached hydrogen (secondary N) is 1. The summed E-state index contributed by atoms with van der Waals surface area (Å²) in [5, 5.41) is 3.44. The first-order chi connectivity index (χ1) is 8.11. The first-order valence-electron chi connectivity index (χ1n) is 6.78. The van der Waals surface area contributed by atoms with Gasteiger partial charge in [0.2, 0.25) is 0 Å². The maximum absolute atomic E-state index is 4.79. The fraction of sp³-hybridized carbons (Fsp3) is 0.923. The minimum atomic E-state index is 0. The first-order valence-corrected chi connectivity index (χ1v) is 7.76. The zero-order valence-electron chi connectivity index (χ0n) is 11.7. The number of nitrogens with zero attached hydrogens (tertiary/aromatic N) is 2. The number of rotatable bonds is 3. The molecular weight excluding hydrogens is 357 g/mol. The molecule has 18 heavy (non-hydrogen) atoms. The maximum atomic E-state index is 4.79. The molecule has 1 saturated carbocycles. The van der Waals surface area contributed by atoms with Gasteiger partial charge in [0.1, 0.15) is 0 Å². The molecule has 0 spiro atoms. The van der Waals surface area contributed by atoms with Crippen molar-refractivity contribution in [3.05, 3.63) is 0 Å². The molecule has 106 valence electrons. The minimum absolute atomic E-state index is 0. The lowest BCUT2D eigenvalue weighted by Crippen LogP contribution is -2.51. The largest absolute Gasteiger partial charge is 0.357 e. The Morgan fingerprint density at radius 3 is 2.72 bits per heavy atom. The average Bonchev–Trinajstić information content (AvgIpc) is 3.06. The highest BCUT2D eigenvalue weighted by atomic mass is 127. The Hall–Kier alpha value is 0.350. The van der Waals surface area contributed by atoms with Crippen LogP contribution in [0.4, 0.5) is 0 Å². The van der Waals surface area contributed by atoms with Crippen LogP contribution in [0, 0.1) is 5.92 Å². The second-order valence-corrected chi connectivity index (χ2v) is 7.47. The van der Waals surface area contributed by atoms with Crippen LogP contribution in [0.5, 0.6) is 0 Å². The van der Waals surface area contributed by atoms with Crippen LogP contribution in [0.1, 0.15) is 33.6 Å². The van der Waals surface area contributed by atoms with E-state index in [1.807, 2.05) is 0 Å². The summed E-state index contributed by atoms with van der Waals surface area (Å²) in [5.41, 5.74) is 0. The molecule has 1 saturated heterocycles. The van der Waals surface area contributed by atoms with Crippen LogP contribution in [-0.4, -0.2) is 47.5 Å². The number of hydrogen-bond acceptors (Lipinski definition) is 2. The smallest absolute Gasteiger partial charge is 0.193 e. The van der Waals surface area contributed by atoms with Gasteiger partial charge in [-0.3, -0.25) is 4.99 Å². The molecule has 2 aliphatic rings. The van der Waals surface area contributed by atoms with Gasteiger partial charge in [-0.05, 0) is 39.5 Å². The molecule has 2 rings (SSSR count). The van der Waals surface area contributed by atoms with E-state index < -0.39 is 0 Å². The summed E-state index contributed by atoms with van der Waals surface area (Å²) in [5.74, 6) is 3.21. The lowest BCUT2D eigenvalue weighted by molar-refractivity contribution is 0.375. The summed E-state index contributed by atoms with van der Waals surface area (Å²) in [6.07, 6.45) is 2.76. The van der Waals surface area contributed by atoms with E-state index in [9.17, 15) is 0 Å². The molecule has 5 heteroatoms. The molecule has 0 aromatic rings. The van der Waals surface area contributed by atoms with Gasteiger partial charge in [0, 0.05) is 36.7 Å². The molecule has 0 unspecified atom stereocenters. The molecule has 3 nitrogen and oxygen atoms in total. The van der Waals surface area contributed by atoms with Crippen LogP contribution in [0.15, 0.2) is 4.99 Å². The van der Waals surface area contributed by atoms with E-state index in [2.05, 4.69) is 42.7 Å². The van der Waals surface area contributed by atoms with Crippen LogP contribution in [0.25, 0.3) is 0 Å². The quantitative estimate of drug-likeness (QED) is 0.462. The third-order valence-electron chi connectivity index (χ3n) is 3.26. The van der Waals surface area contributed by atoms with Gasteiger partial charge in [-0.25, -0.2) is 0 Å². The van der Waals surface area contributed by atoms with Gasteiger partial charge in [0.05, 0.1) is 0 Å². The molecular formula is C13H26IN3S. The molecule has 0 atom stereocenters. The van der Waals surface area contributed by atoms with Gasteiger partial charge in [0.15, 0.2) is 5.96 Å². The van der Waals surface area contributed by atoms with Crippen LogP contribution in [0.2, 0.25) is 0 Å². The molecule has 0 bridgehead atoms. The van der Waals surface area contributed by atoms with Gasteiger partial charge >= 0.3 is 0 Å². The van der Waals surface area contributed by atoms with E-state index in [0.29, 0.717) is 4.75 Å². The molecule has 1 aliphatic carbocycles. The number of guanidine groups is 1. The maximum Gasteiger partial charge on any atom is 0.193 e. The fourth-order valence-electron chi connectivity index (χ4n) is 2.14. The molecule has 0 radical (unpaired) electrons. The second kappa shape index (κ2) is 7.22. The minimum Gasteiger partial charge on any atom is -0.357 e. The third kappa shape index (κ3) is 5.15. The highest BCUT2D eigenvalue weighted by molar-refractivity contribution is 14.0. The molecule has 0 aromatic carbocycles. The van der Waals surface area contributed by atoms with Crippen molar-refractivity contribution in [1.82, 2.24) is 10.2 Å². The van der Waals surface area contributed by atoms with Crippen molar-refractivity contribution < 1.29 is 0 Å². The third-order valence-corrected chi connectivity index (χ3v) is 4.55. The Morgan fingerprint density at radius 1 is 1.44 bits per heavy atom. The Labute approximate surface area is 133 Å². The standard InChI is InChI=1S/C13H25N3S.HI/c1-4-14-12(15-9-11-5-6-11)16-7-8-17-13(2,3)10-16;/h11H,4-10H2,1-3H3,(H,14,15);1H. The number of thioether (sulfide) groups is 1. The van der Waals surface area contributed by atoms with Gasteiger partial charge in [-0.1, -0.05) is 0 Å². The van der Waals surface area contributed by atoms with Crippen molar-refractivity contribution in [2.45, 2.75) is 38.4 Å². The predicted octanol–water partition coefficient (Wildman–Crippen LogP) is 2.81. The Kier molecular flexibility index (Phi) is 6.58. The van der Waals surface area contributed by atoms with Crippen LogP contribution in [0.3, 0.4) is 0 Å². The Balaban J connectivity index is 0.00000162. The normalized spacial score (nSPS) is 23.5. The highest BCUT2D eigenvalue weighted by Crippen LogP contribution is 2.30. The molecule has 0 amide bonds. The summed E-state index contributed by atoms with van der Waals surface area (Å²) >= 11 is 2.07. The molecule has 0 aromatic heterocycles. The Bertz CT molecular complexity index is 290. The van der Waals surface area contributed by atoms with E-state index in [4.69, 9.17) is 4.99 Å². The lowest BCUT2D eigenvalue weighted by Gasteiger charge is -2.39. The lowest BCUT2D eigenvalue weighted by atomic mass is 10.2. The fourth-order valence-corrected chi connectivity index (χ4v) is 3.25. The summed E-state index contributed by atoms with van der Waals surface area (Å²) < 4.78 is 0.355. The van der Waals surface area contributed by atoms with E-state index in [1.165, 1.54) is 18.6 Å². The topological polar surface area (TPSA) is 27.6 Å². The Morgan fingerprint density at radius 2 is 2.17 bits per heavy atom. The second-order valence-electron chi connectivity index (χ2n) is 5.67. The number of aliphatic imine (C=N–C) groups is 1. The number of hydrogen-bond donors (Lipinski definition) is 1. The van der Waals surface area contributed by atoms with Crippen molar-refractivity contribution in [3.63, 3.8) is 0 Å². The van der Waals surface area contributed by atoms with Crippen LogP contribution in [-0.2, 0) is 0 Å². The van der Waals surface area contributed by atoms with E-state index in [-0.39, 0.29) is 24.0 Å². The van der Waals surface area contributed by atoms with Gasteiger partial charge in [0.25, 0.3) is 0 Å². The zero-order valence-corrected chi connectivity index (χ0v) is 14.9. The van der Waals surface area contributed by atoms with Crippen LogP contribution >= 0.6 is 35.7 Å². The van der Waals surface area contributed by atoms with Crippen molar-refractivity contribution in [1.29, 1.82) is 0 Å². The summed E-state index contributed by atoms with van der Waals surface area (Å²) in [6.45, 7) is 11.0. The highest BCUT2D eigenvalue weighted by Gasteiger charge is 2.29. The molecule has 1 heterocycles. The van der Waals surface area contributed by atoms with E-state index in [1.54, 1.807) is 0 Å². The van der Waals surface area contributed by atoms with Crippen molar-refractivity contribution >= 4 is 41.7 Å². The SMILES string of the molecule is CCNC(=NCC1CC1)N1CCSC(C)(C)C1.I. The predicted molar refractivity (Wildman–Crippen MR) is 92.2 cm³/mol. The summed E-state index contributed by atoms with van der Waals surface area (Å²) in [7, 11) is 0. The van der Waals surface area contributed by atoms with Crippen molar-refractivity contribution in [3.8, 4) is 0 Å². The molecule has 2 fully saturated rings. The molecule has 1 N–H and O–H groups in total. The first kappa shape index (κ1) is 16.4. The van der Waals surface area contributed by atoms with Gasteiger partial charge < -0.3 is 10.2 Å². The van der Waals surface area contributed by atoms with Crippen molar-refractivity contribution in [2.24, 2.45) is 10.9 Å². The van der Waals surface area contributed by atoms with E-state index >= 15 is 0 Å². The van der Waals surface area contributed by atoms with E-state index in [0.717, 1.165) is 38.1 Å². The molecule has 1 aliphatic heterocycles. The monoisotopic (exact) mass is 383 g/mol. The zero-order chi connectivity index (χ0) is 12.3. The van der Waals surface area contributed by atoms with Crippen LogP contribution < -0.4 is 5.32 Å². The van der Waals surface area contributed by atoms with Gasteiger partial charge in [-0.15, -0.1) is 24.0 Å².